The topological polar surface area (TPSA) is 82.8 Å². The van der Waals surface area contributed by atoms with Gasteiger partial charge in [-0.15, -0.1) is 0 Å². The number of benzene rings is 1. The molecule has 1 aliphatic rings. The molecule has 0 radical (unpaired) electrons. The summed E-state index contributed by atoms with van der Waals surface area (Å²) in [7, 11) is 4.60. The van der Waals surface area contributed by atoms with E-state index in [1.54, 1.807) is 19.2 Å². The first-order valence-electron chi connectivity index (χ1n) is 7.45. The zero-order valence-electron chi connectivity index (χ0n) is 13.3. The van der Waals surface area contributed by atoms with Crippen molar-refractivity contribution in [1.29, 1.82) is 0 Å². The van der Waals surface area contributed by atoms with Gasteiger partial charge in [-0.3, -0.25) is 4.79 Å². The minimum absolute atomic E-state index is 0.121. The lowest BCUT2D eigenvalue weighted by molar-refractivity contribution is 0.0925. The largest absolute Gasteiger partial charge is 0.496 e. The molecule has 2 rings (SSSR count). The minimum atomic E-state index is -0.178. The molecule has 1 aliphatic carbocycles. The van der Waals surface area contributed by atoms with Crippen LogP contribution in [0.1, 0.15) is 29.6 Å². The van der Waals surface area contributed by atoms with Crippen molar-refractivity contribution in [3.8, 4) is 17.2 Å². The van der Waals surface area contributed by atoms with Crippen LogP contribution in [0.3, 0.4) is 0 Å². The van der Waals surface area contributed by atoms with E-state index in [0.717, 1.165) is 19.3 Å². The number of rotatable bonds is 6. The number of nitrogens with one attached hydrogen (secondary N) is 1. The Labute approximate surface area is 130 Å². The van der Waals surface area contributed by atoms with Crippen LogP contribution < -0.4 is 25.3 Å². The Kier molecular flexibility index (Phi) is 5.49. The number of ether oxygens (including phenoxy) is 3. The highest BCUT2D eigenvalue weighted by Crippen LogP contribution is 2.35. The van der Waals surface area contributed by atoms with Crippen LogP contribution >= 0.6 is 0 Å². The lowest BCUT2D eigenvalue weighted by atomic mass is 10.0. The molecule has 2 unspecified atom stereocenters. The van der Waals surface area contributed by atoms with E-state index >= 15 is 0 Å². The van der Waals surface area contributed by atoms with Crippen molar-refractivity contribution < 1.29 is 19.0 Å². The van der Waals surface area contributed by atoms with Crippen LogP contribution in [0.2, 0.25) is 0 Å². The van der Waals surface area contributed by atoms with Gasteiger partial charge in [0.2, 0.25) is 0 Å². The number of amides is 1. The lowest BCUT2D eigenvalue weighted by Crippen LogP contribution is -2.40. The van der Waals surface area contributed by atoms with E-state index in [1.807, 2.05) is 0 Å². The lowest BCUT2D eigenvalue weighted by Gasteiger charge is -2.20. The molecule has 0 aromatic heterocycles. The van der Waals surface area contributed by atoms with E-state index in [4.69, 9.17) is 19.9 Å². The Morgan fingerprint density at radius 2 is 1.77 bits per heavy atom. The smallest absolute Gasteiger partial charge is 0.255 e. The number of hydrogen-bond acceptors (Lipinski definition) is 5. The maximum absolute atomic E-state index is 12.6. The maximum atomic E-state index is 12.6. The van der Waals surface area contributed by atoms with E-state index in [-0.39, 0.29) is 11.9 Å². The summed E-state index contributed by atoms with van der Waals surface area (Å²) in [5, 5.41) is 3.06. The second-order valence-electron chi connectivity index (χ2n) is 5.41. The second-order valence-corrected chi connectivity index (χ2v) is 5.41. The molecule has 1 aromatic carbocycles. The van der Waals surface area contributed by atoms with Crippen molar-refractivity contribution in [2.24, 2.45) is 11.7 Å². The molecule has 122 valence electrons. The van der Waals surface area contributed by atoms with Crippen molar-refractivity contribution in [2.75, 3.05) is 27.9 Å². The Morgan fingerprint density at radius 3 is 2.36 bits per heavy atom. The number of nitrogens with two attached hydrogens (primary N) is 1. The third-order valence-corrected chi connectivity index (χ3v) is 4.23. The highest BCUT2D eigenvalue weighted by atomic mass is 16.5. The molecule has 0 saturated heterocycles. The van der Waals surface area contributed by atoms with E-state index < -0.39 is 0 Å². The predicted molar refractivity (Wildman–Crippen MR) is 83.7 cm³/mol. The summed E-state index contributed by atoms with van der Waals surface area (Å²) < 4.78 is 15.8. The molecule has 0 heterocycles. The van der Waals surface area contributed by atoms with Crippen LogP contribution in [-0.4, -0.2) is 39.8 Å². The minimum Gasteiger partial charge on any atom is -0.496 e. The van der Waals surface area contributed by atoms with Gasteiger partial charge in [-0.2, -0.15) is 0 Å². The Morgan fingerprint density at radius 1 is 1.14 bits per heavy atom. The highest BCUT2D eigenvalue weighted by Gasteiger charge is 2.28. The van der Waals surface area contributed by atoms with Crippen molar-refractivity contribution in [3.63, 3.8) is 0 Å². The molecule has 0 spiro atoms. The van der Waals surface area contributed by atoms with Crippen LogP contribution in [0.15, 0.2) is 12.1 Å². The molecule has 0 aliphatic heterocycles. The summed E-state index contributed by atoms with van der Waals surface area (Å²) in [6.07, 6.45) is 3.11. The van der Waals surface area contributed by atoms with Gasteiger partial charge in [-0.1, -0.05) is 6.42 Å². The molecule has 1 amide bonds. The second kappa shape index (κ2) is 7.35. The van der Waals surface area contributed by atoms with Crippen LogP contribution in [0.4, 0.5) is 0 Å². The van der Waals surface area contributed by atoms with Crippen molar-refractivity contribution >= 4 is 5.91 Å². The number of hydrogen-bond donors (Lipinski definition) is 2. The average Bonchev–Trinajstić information content (AvgIpc) is 3.00. The summed E-state index contributed by atoms with van der Waals surface area (Å²) in [4.78, 5) is 12.6. The molecule has 6 nitrogen and oxygen atoms in total. The molecule has 0 bridgehead atoms. The van der Waals surface area contributed by atoms with Gasteiger partial charge >= 0.3 is 0 Å². The highest BCUT2D eigenvalue weighted by molar-refractivity contribution is 5.98. The van der Waals surface area contributed by atoms with Crippen LogP contribution in [-0.2, 0) is 0 Å². The van der Waals surface area contributed by atoms with Gasteiger partial charge in [0.05, 0.1) is 26.9 Å². The summed E-state index contributed by atoms with van der Waals surface area (Å²) in [6, 6.07) is 3.41. The normalized spacial score (nSPS) is 20.5. The van der Waals surface area contributed by atoms with Gasteiger partial charge in [0.25, 0.3) is 5.91 Å². The summed E-state index contributed by atoms with van der Waals surface area (Å²) >= 11 is 0. The van der Waals surface area contributed by atoms with Gasteiger partial charge in [0.15, 0.2) is 11.5 Å². The van der Waals surface area contributed by atoms with E-state index in [0.29, 0.717) is 35.3 Å². The predicted octanol–water partition coefficient (Wildman–Crippen LogP) is 1.57. The van der Waals surface area contributed by atoms with Gasteiger partial charge in [-0.25, -0.2) is 0 Å². The molecule has 1 saturated carbocycles. The summed E-state index contributed by atoms with van der Waals surface area (Å²) in [5.74, 6) is 1.64. The Bertz CT molecular complexity index is 533. The van der Waals surface area contributed by atoms with Gasteiger partial charge in [0, 0.05) is 18.2 Å². The molecule has 6 heteroatoms. The van der Waals surface area contributed by atoms with Gasteiger partial charge in [0.1, 0.15) is 5.75 Å². The molecule has 22 heavy (non-hydrogen) atoms. The molecular weight excluding hydrogens is 284 g/mol. The van der Waals surface area contributed by atoms with Crippen molar-refractivity contribution in [2.45, 2.75) is 25.3 Å². The first-order valence-corrected chi connectivity index (χ1v) is 7.45. The monoisotopic (exact) mass is 308 g/mol. The Hall–Kier alpha value is -1.95. The number of carbonyl (C=O) groups is 1. The van der Waals surface area contributed by atoms with E-state index in [9.17, 15) is 4.79 Å². The molecule has 1 aromatic rings. The molecule has 3 N–H and O–H groups in total. The van der Waals surface area contributed by atoms with E-state index in [2.05, 4.69) is 5.32 Å². The zero-order chi connectivity index (χ0) is 16.1. The summed E-state index contributed by atoms with van der Waals surface area (Å²) in [5.41, 5.74) is 6.20. The zero-order valence-corrected chi connectivity index (χ0v) is 13.3. The SMILES string of the molecule is COc1cc(OC)c(C(=O)NC2CCCC2CN)cc1OC. The molecule has 1 fully saturated rings. The number of carbonyl (C=O) groups excluding carboxylic acids is 1. The van der Waals surface area contributed by atoms with Gasteiger partial charge < -0.3 is 25.3 Å². The third kappa shape index (κ3) is 3.27. The van der Waals surface area contributed by atoms with E-state index in [1.165, 1.54) is 14.2 Å². The molecular formula is C16H24N2O4. The Balaban J connectivity index is 2.24. The first kappa shape index (κ1) is 16.4. The number of methoxy groups -OCH3 is 3. The standard InChI is InChI=1S/C16H24N2O4/c1-20-13-8-15(22-3)14(21-2)7-11(13)16(19)18-12-6-4-5-10(12)9-17/h7-8,10,12H,4-6,9,17H2,1-3H3,(H,18,19). The molecule has 2 atom stereocenters. The third-order valence-electron chi connectivity index (χ3n) is 4.23. The van der Waals surface area contributed by atoms with Crippen molar-refractivity contribution in [3.05, 3.63) is 17.7 Å². The van der Waals surface area contributed by atoms with Crippen LogP contribution in [0, 0.1) is 5.92 Å². The maximum Gasteiger partial charge on any atom is 0.255 e. The van der Waals surface area contributed by atoms with Crippen molar-refractivity contribution in [1.82, 2.24) is 5.32 Å². The van der Waals surface area contributed by atoms with Crippen LogP contribution in [0.25, 0.3) is 0 Å². The fourth-order valence-corrected chi connectivity index (χ4v) is 2.96. The average molecular weight is 308 g/mol. The fourth-order valence-electron chi connectivity index (χ4n) is 2.96. The summed E-state index contributed by atoms with van der Waals surface area (Å²) in [6.45, 7) is 0.591. The quantitative estimate of drug-likeness (QED) is 0.833. The van der Waals surface area contributed by atoms with Crippen LogP contribution in [0.5, 0.6) is 17.2 Å². The fraction of sp³-hybridized carbons (Fsp3) is 0.562. The van der Waals surface area contributed by atoms with Gasteiger partial charge in [-0.05, 0) is 25.3 Å². The first-order chi connectivity index (χ1) is 10.6.